The zero-order valence-electron chi connectivity index (χ0n) is 15.3. The van der Waals surface area contributed by atoms with Gasteiger partial charge >= 0.3 is 0 Å². The van der Waals surface area contributed by atoms with Gasteiger partial charge in [0.25, 0.3) is 5.91 Å². The normalized spacial score (nSPS) is 34.2. The highest BCUT2D eigenvalue weighted by Crippen LogP contribution is 2.60. The molecule has 5 aliphatic rings. The van der Waals surface area contributed by atoms with Crippen molar-refractivity contribution >= 4 is 11.6 Å². The van der Waals surface area contributed by atoms with Crippen molar-refractivity contribution in [1.82, 2.24) is 5.43 Å². The van der Waals surface area contributed by atoms with Gasteiger partial charge in [-0.1, -0.05) is 6.92 Å². The van der Waals surface area contributed by atoms with Gasteiger partial charge in [0, 0.05) is 16.7 Å². The van der Waals surface area contributed by atoms with Gasteiger partial charge in [-0.05, 0) is 80.9 Å². The van der Waals surface area contributed by atoms with Crippen molar-refractivity contribution in [2.24, 2.45) is 28.3 Å². The van der Waals surface area contributed by atoms with Gasteiger partial charge in [0.1, 0.15) is 0 Å². The lowest BCUT2D eigenvalue weighted by molar-refractivity contribution is -0.0134. The van der Waals surface area contributed by atoms with Gasteiger partial charge in [0.2, 0.25) is 6.79 Å². The van der Waals surface area contributed by atoms with E-state index in [0.29, 0.717) is 17.1 Å². The number of ether oxygens (including phenoxy) is 2. The van der Waals surface area contributed by atoms with Gasteiger partial charge in [-0.3, -0.25) is 4.79 Å². The number of carbonyl (C=O) groups is 1. The summed E-state index contributed by atoms with van der Waals surface area (Å²) in [6, 6.07) is 5.26. The van der Waals surface area contributed by atoms with E-state index in [4.69, 9.17) is 9.47 Å². The lowest BCUT2D eigenvalue weighted by atomic mass is 9.48. The Morgan fingerprint density at radius 1 is 1.12 bits per heavy atom. The number of amides is 1. The van der Waals surface area contributed by atoms with Crippen molar-refractivity contribution in [1.29, 1.82) is 0 Å². The summed E-state index contributed by atoms with van der Waals surface area (Å²) in [6.07, 6.45) is 8.97. The Hall–Kier alpha value is -2.04. The largest absolute Gasteiger partial charge is 0.454 e. The van der Waals surface area contributed by atoms with Gasteiger partial charge < -0.3 is 9.47 Å². The molecule has 0 saturated heterocycles. The summed E-state index contributed by atoms with van der Waals surface area (Å²) in [5.41, 5.74) is 4.81. The molecule has 5 heteroatoms. The third-order valence-electron chi connectivity index (χ3n) is 6.91. The molecule has 0 atom stereocenters. The minimum atomic E-state index is -0.182. The number of hydrazone groups is 1. The van der Waals surface area contributed by atoms with Gasteiger partial charge in [-0.25, -0.2) is 5.43 Å². The topological polar surface area (TPSA) is 59.9 Å². The fourth-order valence-corrected chi connectivity index (χ4v) is 6.26. The number of hydrogen-bond donors (Lipinski definition) is 1. The molecule has 0 aromatic heterocycles. The van der Waals surface area contributed by atoms with E-state index in [9.17, 15) is 4.79 Å². The lowest BCUT2D eigenvalue weighted by Gasteiger charge is -2.57. The number of rotatable bonds is 4. The number of fused-ring (bicyclic) bond motifs is 1. The summed E-state index contributed by atoms with van der Waals surface area (Å²) in [6.45, 7) is 2.38. The highest BCUT2D eigenvalue weighted by Gasteiger charge is 2.52. The quantitative estimate of drug-likeness (QED) is 0.653. The fraction of sp³-hybridized carbons (Fsp3) is 0.619. The second-order valence-corrected chi connectivity index (χ2v) is 8.62. The molecule has 1 N–H and O–H groups in total. The van der Waals surface area contributed by atoms with Crippen LogP contribution in [0.25, 0.3) is 0 Å². The number of carbonyl (C=O) groups excluding carboxylic acids is 1. The molecule has 0 spiro atoms. The molecule has 1 heterocycles. The zero-order chi connectivity index (χ0) is 17.7. The minimum Gasteiger partial charge on any atom is -0.454 e. The Bertz CT molecular complexity index is 735. The predicted molar refractivity (Wildman–Crippen MR) is 98.4 cm³/mol. The van der Waals surface area contributed by atoms with Crippen LogP contribution in [0.2, 0.25) is 0 Å². The summed E-state index contributed by atoms with van der Waals surface area (Å²) in [4.78, 5) is 12.6. The summed E-state index contributed by atoms with van der Waals surface area (Å²) < 4.78 is 10.7. The van der Waals surface area contributed by atoms with E-state index in [-0.39, 0.29) is 18.1 Å². The molecular weight excluding hydrogens is 328 g/mol. The Labute approximate surface area is 154 Å². The van der Waals surface area contributed by atoms with E-state index < -0.39 is 0 Å². The van der Waals surface area contributed by atoms with Gasteiger partial charge in [0.15, 0.2) is 11.5 Å². The third-order valence-corrected chi connectivity index (χ3v) is 6.91. The summed E-state index contributed by atoms with van der Waals surface area (Å²) >= 11 is 0. The van der Waals surface area contributed by atoms with Crippen LogP contribution in [0.15, 0.2) is 23.3 Å². The molecule has 4 saturated carbocycles. The Kier molecular flexibility index (Phi) is 3.73. The van der Waals surface area contributed by atoms with Gasteiger partial charge in [0.05, 0.1) is 0 Å². The summed E-state index contributed by atoms with van der Waals surface area (Å²) in [5, 5.41) is 4.65. The molecule has 1 aromatic rings. The summed E-state index contributed by atoms with van der Waals surface area (Å²) in [5.74, 6) is 3.76. The lowest BCUT2D eigenvalue weighted by Crippen LogP contribution is -2.50. The third kappa shape index (κ3) is 2.60. The molecule has 6 rings (SSSR count). The second kappa shape index (κ2) is 6.00. The zero-order valence-corrected chi connectivity index (χ0v) is 15.3. The smallest absolute Gasteiger partial charge is 0.271 e. The highest BCUT2D eigenvalue weighted by molar-refractivity contribution is 5.97. The van der Waals surface area contributed by atoms with Crippen LogP contribution in [-0.4, -0.2) is 18.4 Å². The first-order chi connectivity index (χ1) is 12.6. The van der Waals surface area contributed by atoms with E-state index in [1.54, 1.807) is 18.2 Å². The standard InChI is InChI=1S/C21H26N2O3/c1-2-19(21-9-13-5-14(10-21)7-15(6-13)11-21)22-23-20(24)16-3-4-17-18(8-16)26-12-25-17/h3-4,8,13-15H,2,5-7,9-12H2,1H3,(H,23,24)/b22-19-. The van der Waals surface area contributed by atoms with E-state index >= 15 is 0 Å². The molecule has 1 aromatic carbocycles. The van der Waals surface area contributed by atoms with Crippen LogP contribution >= 0.6 is 0 Å². The predicted octanol–water partition coefficient (Wildman–Crippen LogP) is 4.13. The van der Waals surface area contributed by atoms with Crippen molar-refractivity contribution in [3.05, 3.63) is 23.8 Å². The molecule has 1 amide bonds. The van der Waals surface area contributed by atoms with Crippen LogP contribution in [0.1, 0.15) is 62.2 Å². The van der Waals surface area contributed by atoms with Crippen LogP contribution < -0.4 is 14.9 Å². The Morgan fingerprint density at radius 2 is 1.77 bits per heavy atom. The number of hydrogen-bond acceptors (Lipinski definition) is 4. The average molecular weight is 354 g/mol. The maximum atomic E-state index is 12.6. The van der Waals surface area contributed by atoms with E-state index in [0.717, 1.165) is 24.2 Å². The molecule has 4 bridgehead atoms. The van der Waals surface area contributed by atoms with Crippen LogP contribution in [0.3, 0.4) is 0 Å². The first-order valence-electron chi connectivity index (χ1n) is 9.92. The summed E-state index contributed by atoms with van der Waals surface area (Å²) in [7, 11) is 0. The minimum absolute atomic E-state index is 0.182. The van der Waals surface area contributed by atoms with Crippen molar-refractivity contribution in [3.63, 3.8) is 0 Å². The Balaban J connectivity index is 1.35. The number of benzene rings is 1. The van der Waals surface area contributed by atoms with Crippen molar-refractivity contribution in [2.75, 3.05) is 6.79 Å². The highest BCUT2D eigenvalue weighted by atomic mass is 16.7. The van der Waals surface area contributed by atoms with Crippen molar-refractivity contribution in [3.8, 4) is 11.5 Å². The molecule has 138 valence electrons. The van der Waals surface area contributed by atoms with E-state index in [1.165, 1.54) is 44.2 Å². The molecule has 4 aliphatic carbocycles. The molecule has 5 nitrogen and oxygen atoms in total. The van der Waals surface area contributed by atoms with E-state index in [1.807, 2.05) is 0 Å². The first-order valence-corrected chi connectivity index (χ1v) is 9.92. The number of nitrogens with zero attached hydrogens (tertiary/aromatic N) is 1. The monoisotopic (exact) mass is 354 g/mol. The molecular formula is C21H26N2O3. The van der Waals surface area contributed by atoms with Crippen molar-refractivity contribution < 1.29 is 14.3 Å². The van der Waals surface area contributed by atoms with Crippen molar-refractivity contribution in [2.45, 2.75) is 51.9 Å². The molecule has 0 unspecified atom stereocenters. The van der Waals surface area contributed by atoms with Crippen LogP contribution in [0.5, 0.6) is 11.5 Å². The van der Waals surface area contributed by atoms with Crippen LogP contribution in [0, 0.1) is 23.2 Å². The second-order valence-electron chi connectivity index (χ2n) is 8.62. The first kappa shape index (κ1) is 16.2. The van der Waals surface area contributed by atoms with Crippen LogP contribution in [-0.2, 0) is 0 Å². The molecule has 0 radical (unpaired) electrons. The molecule has 26 heavy (non-hydrogen) atoms. The SMILES string of the molecule is CC/C(=N/NC(=O)c1ccc2c(c1)OCO2)C12CC3CC(CC(C3)C1)C2. The maximum Gasteiger partial charge on any atom is 0.271 e. The maximum absolute atomic E-state index is 12.6. The molecule has 4 fully saturated rings. The van der Waals surface area contributed by atoms with E-state index in [2.05, 4.69) is 17.5 Å². The van der Waals surface area contributed by atoms with Gasteiger partial charge in [-0.15, -0.1) is 0 Å². The number of nitrogens with one attached hydrogen (secondary N) is 1. The Morgan fingerprint density at radius 3 is 2.42 bits per heavy atom. The molecule has 1 aliphatic heterocycles. The fourth-order valence-electron chi connectivity index (χ4n) is 6.26. The average Bonchev–Trinajstić information content (AvgIpc) is 3.08. The van der Waals surface area contributed by atoms with Crippen LogP contribution in [0.4, 0.5) is 0 Å². The van der Waals surface area contributed by atoms with Gasteiger partial charge in [-0.2, -0.15) is 5.10 Å².